The lowest BCUT2D eigenvalue weighted by atomic mass is 9.45. The molecule has 0 N–H and O–H groups in total. The Morgan fingerprint density at radius 1 is 1.10 bits per heavy atom. The second-order valence-electron chi connectivity index (χ2n) is 12.4. The van der Waals surface area contributed by atoms with E-state index in [0.717, 1.165) is 35.3 Å². The van der Waals surface area contributed by atoms with Crippen LogP contribution in [0.1, 0.15) is 77.8 Å². The van der Waals surface area contributed by atoms with Gasteiger partial charge in [-0.2, -0.15) is 0 Å². The van der Waals surface area contributed by atoms with Crippen molar-refractivity contribution in [2.45, 2.75) is 78.2 Å². The van der Waals surface area contributed by atoms with Gasteiger partial charge in [0.25, 0.3) is 0 Å². The van der Waals surface area contributed by atoms with Gasteiger partial charge in [0.05, 0.1) is 11.8 Å². The van der Waals surface area contributed by atoms with Crippen LogP contribution in [0.25, 0.3) is 6.08 Å². The molecule has 1 spiro atoms. The molecule has 1 heterocycles. The van der Waals surface area contributed by atoms with Crippen molar-refractivity contribution in [3.8, 4) is 0 Å². The van der Waals surface area contributed by atoms with Crippen LogP contribution in [0.15, 0.2) is 30.5 Å². The normalized spacial score (nSPS) is 51.1. The van der Waals surface area contributed by atoms with Gasteiger partial charge in [0, 0.05) is 18.7 Å². The van der Waals surface area contributed by atoms with Crippen molar-refractivity contribution < 1.29 is 4.74 Å². The Morgan fingerprint density at radius 2 is 1.97 bits per heavy atom. The van der Waals surface area contributed by atoms with Crippen molar-refractivity contribution in [2.24, 2.45) is 51.8 Å². The van der Waals surface area contributed by atoms with E-state index >= 15 is 0 Å². The average molecular weight is 420 g/mol. The number of hydrogen-bond donors (Lipinski definition) is 0. The third kappa shape index (κ3) is 2.63. The SMILES string of the molecule is COC1C[C@H]2[C@@H]3CC[C@H]([C@H](C)/C=C/c4ccccn4)[C@@]3(C)CC[C@@H]2[C@@]2(C)CC[C@@H]3CC132. The molecule has 1 aromatic rings. The van der Waals surface area contributed by atoms with Crippen molar-refractivity contribution in [3.63, 3.8) is 0 Å². The summed E-state index contributed by atoms with van der Waals surface area (Å²) in [4.78, 5) is 4.50. The van der Waals surface area contributed by atoms with Crippen molar-refractivity contribution >= 4 is 6.08 Å². The summed E-state index contributed by atoms with van der Waals surface area (Å²) in [6.45, 7) is 7.82. The topological polar surface area (TPSA) is 22.1 Å². The molecular weight excluding hydrogens is 378 g/mol. The molecule has 5 fully saturated rings. The first kappa shape index (κ1) is 20.5. The largest absolute Gasteiger partial charge is 0.381 e. The van der Waals surface area contributed by atoms with Crippen LogP contribution in [0.2, 0.25) is 0 Å². The highest BCUT2D eigenvalue weighted by Gasteiger charge is 2.77. The minimum atomic E-state index is 0.496. The first-order valence-electron chi connectivity index (χ1n) is 13.1. The molecule has 0 aliphatic heterocycles. The molecule has 6 rings (SSSR count). The number of allylic oxidation sites excluding steroid dienone is 1. The van der Waals surface area contributed by atoms with Gasteiger partial charge in [-0.15, -0.1) is 0 Å². The highest BCUT2D eigenvalue weighted by molar-refractivity contribution is 5.44. The van der Waals surface area contributed by atoms with Crippen molar-refractivity contribution in [2.75, 3.05) is 7.11 Å². The van der Waals surface area contributed by atoms with Gasteiger partial charge in [-0.3, -0.25) is 4.98 Å². The number of hydrogen-bond acceptors (Lipinski definition) is 2. The minimum Gasteiger partial charge on any atom is -0.381 e. The van der Waals surface area contributed by atoms with Crippen LogP contribution in [0.3, 0.4) is 0 Å². The van der Waals surface area contributed by atoms with Gasteiger partial charge < -0.3 is 4.74 Å². The molecule has 0 bridgehead atoms. The number of rotatable bonds is 4. The first-order valence-corrected chi connectivity index (χ1v) is 13.1. The van der Waals surface area contributed by atoms with E-state index in [-0.39, 0.29) is 0 Å². The van der Waals surface area contributed by atoms with Crippen LogP contribution in [0, 0.1) is 51.8 Å². The molecule has 5 aliphatic carbocycles. The van der Waals surface area contributed by atoms with Gasteiger partial charge >= 0.3 is 0 Å². The Kier molecular flexibility index (Phi) is 4.57. The van der Waals surface area contributed by atoms with E-state index in [1.54, 1.807) is 0 Å². The summed E-state index contributed by atoms with van der Waals surface area (Å²) >= 11 is 0. The lowest BCUT2D eigenvalue weighted by molar-refractivity contribution is -0.160. The van der Waals surface area contributed by atoms with Gasteiger partial charge in [-0.1, -0.05) is 32.9 Å². The Morgan fingerprint density at radius 3 is 2.71 bits per heavy atom. The molecule has 0 amide bonds. The Bertz CT molecular complexity index is 865. The third-order valence-corrected chi connectivity index (χ3v) is 11.8. The molecule has 0 radical (unpaired) electrons. The van der Waals surface area contributed by atoms with Gasteiger partial charge in [0.15, 0.2) is 0 Å². The molecule has 2 heteroatoms. The van der Waals surface area contributed by atoms with Crippen LogP contribution < -0.4 is 0 Å². The fourth-order valence-electron chi connectivity index (χ4n) is 10.3. The van der Waals surface area contributed by atoms with E-state index in [0.29, 0.717) is 28.3 Å². The van der Waals surface area contributed by atoms with Crippen molar-refractivity contribution in [1.29, 1.82) is 0 Å². The van der Waals surface area contributed by atoms with E-state index in [2.05, 4.69) is 50.0 Å². The second-order valence-corrected chi connectivity index (χ2v) is 12.4. The summed E-state index contributed by atoms with van der Waals surface area (Å²) in [5.41, 5.74) is 2.68. The van der Waals surface area contributed by atoms with Crippen LogP contribution in [0.5, 0.6) is 0 Å². The molecule has 0 saturated heterocycles. The Hall–Kier alpha value is -1.15. The number of methoxy groups -OCH3 is 1. The van der Waals surface area contributed by atoms with Crippen LogP contribution in [-0.4, -0.2) is 18.2 Å². The standard InChI is InChI=1S/C29H41NO/c1-19(8-9-21-7-5-6-16-30-21)23-10-11-24-22-17-26(31-4)29-18-20(29)12-15-28(29,3)25(22)13-14-27(23,24)2/h5-9,16,19-20,22-26H,10-15,17-18H2,1-4H3/b9-8+/t19-,20-,22+,23-,24+,25+,26?,27-,28-,29?/m1/s1. The predicted octanol–water partition coefficient (Wildman–Crippen LogP) is 7.01. The number of ether oxygens (including phenoxy) is 1. The summed E-state index contributed by atoms with van der Waals surface area (Å²) in [5.74, 6) is 5.13. The second kappa shape index (κ2) is 6.92. The molecular formula is C29H41NO. The first-order chi connectivity index (χ1) is 14.9. The summed E-state index contributed by atoms with van der Waals surface area (Å²) in [7, 11) is 2.01. The van der Waals surface area contributed by atoms with E-state index in [1.165, 1.54) is 51.4 Å². The van der Waals surface area contributed by atoms with E-state index in [1.807, 2.05) is 19.4 Å². The lowest BCUT2D eigenvalue weighted by Gasteiger charge is -2.61. The van der Waals surface area contributed by atoms with Crippen LogP contribution in [0.4, 0.5) is 0 Å². The van der Waals surface area contributed by atoms with Gasteiger partial charge in [0.2, 0.25) is 0 Å². The summed E-state index contributed by atoms with van der Waals surface area (Å²) < 4.78 is 6.29. The summed E-state index contributed by atoms with van der Waals surface area (Å²) in [6, 6.07) is 6.20. The fourth-order valence-corrected chi connectivity index (χ4v) is 10.3. The van der Waals surface area contributed by atoms with Gasteiger partial charge in [-0.05, 0) is 116 Å². The summed E-state index contributed by atoms with van der Waals surface area (Å²) in [5, 5.41) is 0. The zero-order valence-corrected chi connectivity index (χ0v) is 20.0. The molecule has 2 nitrogen and oxygen atoms in total. The maximum Gasteiger partial charge on any atom is 0.0638 e. The molecule has 168 valence electrons. The van der Waals surface area contributed by atoms with Crippen LogP contribution >= 0.6 is 0 Å². The van der Waals surface area contributed by atoms with Crippen molar-refractivity contribution in [1.82, 2.24) is 4.98 Å². The van der Waals surface area contributed by atoms with Gasteiger partial charge in [-0.25, -0.2) is 0 Å². The highest BCUT2D eigenvalue weighted by Crippen LogP contribution is 2.82. The number of aromatic nitrogens is 1. The average Bonchev–Trinajstić information content (AvgIpc) is 3.29. The van der Waals surface area contributed by atoms with E-state index in [9.17, 15) is 0 Å². The lowest BCUT2D eigenvalue weighted by Crippen LogP contribution is -2.57. The zero-order chi connectivity index (χ0) is 21.4. The Labute approximate surface area is 189 Å². The summed E-state index contributed by atoms with van der Waals surface area (Å²) in [6.07, 6.45) is 18.6. The van der Waals surface area contributed by atoms with Crippen molar-refractivity contribution in [3.05, 3.63) is 36.2 Å². The number of pyridine rings is 1. The van der Waals surface area contributed by atoms with Crippen LogP contribution in [-0.2, 0) is 4.74 Å². The molecule has 0 aromatic carbocycles. The maximum atomic E-state index is 6.29. The molecule has 5 saturated carbocycles. The quantitative estimate of drug-likeness (QED) is 0.523. The highest BCUT2D eigenvalue weighted by atomic mass is 16.5. The Balaban J connectivity index is 1.26. The molecule has 10 atom stereocenters. The number of nitrogens with zero attached hydrogens (tertiary/aromatic N) is 1. The zero-order valence-electron chi connectivity index (χ0n) is 20.0. The maximum absolute atomic E-state index is 6.29. The molecule has 31 heavy (non-hydrogen) atoms. The van der Waals surface area contributed by atoms with Gasteiger partial charge in [0.1, 0.15) is 0 Å². The fraction of sp³-hybridized carbons (Fsp3) is 0.759. The van der Waals surface area contributed by atoms with E-state index in [4.69, 9.17) is 4.74 Å². The molecule has 2 unspecified atom stereocenters. The molecule has 5 aliphatic rings. The minimum absolute atomic E-state index is 0.496. The monoisotopic (exact) mass is 419 g/mol. The smallest absolute Gasteiger partial charge is 0.0638 e. The predicted molar refractivity (Wildman–Crippen MR) is 126 cm³/mol. The number of fused-ring (bicyclic) bond motifs is 4. The molecule has 1 aromatic heterocycles. The van der Waals surface area contributed by atoms with E-state index < -0.39 is 0 Å². The third-order valence-electron chi connectivity index (χ3n) is 11.8.